The number of hydrogen-bond donors (Lipinski definition) is 1. The number of thioether (sulfide) groups is 1. The number of carboxylic acids is 1. The Morgan fingerprint density at radius 2 is 1.93 bits per heavy atom. The van der Waals surface area contributed by atoms with Crippen LogP contribution in [0.1, 0.15) is 21.5 Å². The predicted octanol–water partition coefficient (Wildman–Crippen LogP) is 3.50. The van der Waals surface area contributed by atoms with Gasteiger partial charge in [-0.3, -0.25) is 14.7 Å². The third-order valence-corrected chi connectivity index (χ3v) is 5.15. The molecule has 1 heterocycles. The van der Waals surface area contributed by atoms with Gasteiger partial charge >= 0.3 is 5.97 Å². The Kier molecular flexibility index (Phi) is 5.61. The Morgan fingerprint density at radius 3 is 2.56 bits per heavy atom. The number of ether oxygens (including phenoxy) is 1. The molecular formula is C20H18N2O4S. The average Bonchev–Trinajstić information content (AvgIpc) is 2.95. The highest BCUT2D eigenvalue weighted by molar-refractivity contribution is 8.18. The Hall–Kier alpha value is -3.06. The molecule has 2 aromatic rings. The largest absolute Gasteiger partial charge is 0.488 e. The number of carbonyl (C=O) groups is 2. The van der Waals surface area contributed by atoms with E-state index in [1.807, 2.05) is 24.3 Å². The first kappa shape index (κ1) is 18.7. The number of aromatic carboxylic acids is 1. The van der Waals surface area contributed by atoms with Crippen LogP contribution < -0.4 is 4.74 Å². The molecule has 0 bridgehead atoms. The van der Waals surface area contributed by atoms with Gasteiger partial charge in [0.15, 0.2) is 5.17 Å². The normalized spacial score (nSPS) is 17.0. The summed E-state index contributed by atoms with van der Waals surface area (Å²) in [6.45, 7) is 0.294. The molecule has 0 radical (unpaired) electrons. The quantitative estimate of drug-likeness (QED) is 0.801. The lowest BCUT2D eigenvalue weighted by Gasteiger charge is -2.10. The maximum Gasteiger partial charge on any atom is 0.335 e. The van der Waals surface area contributed by atoms with Gasteiger partial charge in [-0.2, -0.15) is 0 Å². The highest BCUT2D eigenvalue weighted by Crippen LogP contribution is 2.33. The van der Waals surface area contributed by atoms with E-state index in [9.17, 15) is 9.59 Å². The van der Waals surface area contributed by atoms with Crippen LogP contribution in [0.3, 0.4) is 0 Å². The molecule has 0 atom stereocenters. The first-order valence-corrected chi connectivity index (χ1v) is 8.99. The predicted molar refractivity (Wildman–Crippen MR) is 106 cm³/mol. The summed E-state index contributed by atoms with van der Waals surface area (Å²) in [5.41, 5.74) is 1.88. The van der Waals surface area contributed by atoms with Gasteiger partial charge in [0, 0.05) is 19.7 Å². The number of amidine groups is 1. The number of carboxylic acid groups (broad SMARTS) is 1. The summed E-state index contributed by atoms with van der Waals surface area (Å²) in [5.74, 6) is -0.414. The van der Waals surface area contributed by atoms with E-state index in [1.165, 1.54) is 16.7 Å². The highest BCUT2D eigenvalue weighted by atomic mass is 32.2. The number of benzene rings is 2. The van der Waals surface area contributed by atoms with E-state index in [2.05, 4.69) is 4.99 Å². The molecule has 0 aliphatic carbocycles. The molecule has 1 fully saturated rings. The Morgan fingerprint density at radius 1 is 1.22 bits per heavy atom. The molecule has 0 spiro atoms. The minimum Gasteiger partial charge on any atom is -0.488 e. The van der Waals surface area contributed by atoms with Gasteiger partial charge in [-0.1, -0.05) is 30.3 Å². The number of para-hydroxylation sites is 1. The fraction of sp³-hybridized carbons (Fsp3) is 0.150. The van der Waals surface area contributed by atoms with E-state index in [0.29, 0.717) is 22.4 Å². The van der Waals surface area contributed by atoms with Crippen molar-refractivity contribution in [1.82, 2.24) is 4.90 Å². The third kappa shape index (κ3) is 4.20. The fourth-order valence-corrected chi connectivity index (χ4v) is 3.44. The van der Waals surface area contributed by atoms with Crippen LogP contribution in [0.4, 0.5) is 0 Å². The van der Waals surface area contributed by atoms with Crippen molar-refractivity contribution in [3.63, 3.8) is 0 Å². The van der Waals surface area contributed by atoms with E-state index < -0.39 is 5.97 Å². The second kappa shape index (κ2) is 8.09. The number of carbonyl (C=O) groups excluding carboxylic acids is 1. The molecule has 0 unspecified atom stereocenters. The summed E-state index contributed by atoms with van der Waals surface area (Å²) in [7, 11) is 3.35. The van der Waals surface area contributed by atoms with Gasteiger partial charge in [-0.15, -0.1) is 0 Å². The van der Waals surface area contributed by atoms with Crippen molar-refractivity contribution in [2.24, 2.45) is 4.99 Å². The first-order valence-electron chi connectivity index (χ1n) is 8.18. The van der Waals surface area contributed by atoms with E-state index >= 15 is 0 Å². The molecule has 27 heavy (non-hydrogen) atoms. The smallest absolute Gasteiger partial charge is 0.335 e. The summed E-state index contributed by atoms with van der Waals surface area (Å²) >= 11 is 1.33. The van der Waals surface area contributed by atoms with Gasteiger partial charge in [0.25, 0.3) is 5.91 Å². The van der Waals surface area contributed by atoms with E-state index in [-0.39, 0.29) is 11.5 Å². The molecular weight excluding hydrogens is 364 g/mol. The summed E-state index contributed by atoms with van der Waals surface area (Å²) < 4.78 is 5.89. The number of amides is 1. The molecule has 1 aliphatic rings. The zero-order valence-electron chi connectivity index (χ0n) is 14.9. The number of hydrogen-bond acceptors (Lipinski definition) is 5. The molecule has 0 saturated carbocycles. The van der Waals surface area contributed by atoms with Crippen LogP contribution in [0.25, 0.3) is 6.08 Å². The topological polar surface area (TPSA) is 79.2 Å². The maximum absolute atomic E-state index is 12.3. The summed E-state index contributed by atoms with van der Waals surface area (Å²) in [5, 5.41) is 9.61. The Bertz CT molecular complexity index is 935. The molecule has 3 rings (SSSR count). The van der Waals surface area contributed by atoms with Crippen LogP contribution in [0.5, 0.6) is 5.75 Å². The zero-order chi connectivity index (χ0) is 19.4. The van der Waals surface area contributed by atoms with E-state index in [1.54, 1.807) is 44.4 Å². The Balaban J connectivity index is 1.77. The van der Waals surface area contributed by atoms with Crippen molar-refractivity contribution in [2.45, 2.75) is 6.61 Å². The van der Waals surface area contributed by atoms with Crippen LogP contribution >= 0.6 is 11.8 Å². The zero-order valence-corrected chi connectivity index (χ0v) is 15.7. The second-order valence-electron chi connectivity index (χ2n) is 5.81. The molecule has 2 aromatic carbocycles. The molecule has 7 heteroatoms. The van der Waals surface area contributed by atoms with Crippen molar-refractivity contribution in [2.75, 3.05) is 14.1 Å². The monoisotopic (exact) mass is 382 g/mol. The van der Waals surface area contributed by atoms with Crippen molar-refractivity contribution >= 4 is 34.9 Å². The van der Waals surface area contributed by atoms with Gasteiger partial charge < -0.3 is 9.84 Å². The molecule has 1 amide bonds. The Labute approximate surface area is 161 Å². The lowest BCUT2D eigenvalue weighted by molar-refractivity contribution is -0.121. The molecule has 6 nitrogen and oxygen atoms in total. The van der Waals surface area contributed by atoms with Crippen molar-refractivity contribution in [3.05, 3.63) is 70.1 Å². The summed E-state index contributed by atoms with van der Waals surface area (Å²) in [6, 6.07) is 14.0. The maximum atomic E-state index is 12.3. The molecule has 0 aromatic heterocycles. The summed E-state index contributed by atoms with van der Waals surface area (Å²) in [4.78, 5) is 29.4. The minimum absolute atomic E-state index is 0.0975. The highest BCUT2D eigenvalue weighted by Gasteiger charge is 2.29. The van der Waals surface area contributed by atoms with Crippen molar-refractivity contribution in [1.29, 1.82) is 0 Å². The van der Waals surface area contributed by atoms with E-state index in [0.717, 1.165) is 11.1 Å². The van der Waals surface area contributed by atoms with Crippen LogP contribution in [-0.2, 0) is 11.4 Å². The van der Waals surface area contributed by atoms with E-state index in [4.69, 9.17) is 9.84 Å². The average molecular weight is 382 g/mol. The lowest BCUT2D eigenvalue weighted by atomic mass is 10.1. The number of likely N-dealkylation sites (N-methyl/N-ethyl adjacent to an activating group) is 1. The van der Waals surface area contributed by atoms with Crippen LogP contribution in [0, 0.1) is 0 Å². The summed E-state index contributed by atoms with van der Waals surface area (Å²) in [6.07, 6.45) is 1.80. The van der Waals surface area contributed by atoms with Gasteiger partial charge in [-0.05, 0) is 41.6 Å². The first-order chi connectivity index (χ1) is 13.0. The van der Waals surface area contributed by atoms with Crippen molar-refractivity contribution in [3.8, 4) is 5.75 Å². The van der Waals surface area contributed by atoms with Gasteiger partial charge in [0.1, 0.15) is 12.4 Å². The molecule has 1 saturated heterocycles. The number of nitrogens with zero attached hydrogens (tertiary/aromatic N) is 2. The lowest BCUT2D eigenvalue weighted by Crippen LogP contribution is -2.23. The van der Waals surface area contributed by atoms with Crippen LogP contribution in [-0.4, -0.2) is 41.1 Å². The van der Waals surface area contributed by atoms with Crippen LogP contribution in [0.2, 0.25) is 0 Å². The SMILES string of the molecule is CN=C1SC(=Cc2ccccc2OCc2ccc(C(=O)O)cc2)C(=O)N1C. The minimum atomic E-state index is -0.960. The van der Waals surface area contributed by atoms with Gasteiger partial charge in [-0.25, -0.2) is 4.79 Å². The third-order valence-electron chi connectivity index (χ3n) is 4.00. The molecule has 1 aliphatic heterocycles. The van der Waals surface area contributed by atoms with Crippen LogP contribution in [0.15, 0.2) is 58.4 Å². The van der Waals surface area contributed by atoms with Crippen molar-refractivity contribution < 1.29 is 19.4 Å². The second-order valence-corrected chi connectivity index (χ2v) is 6.82. The standard InChI is InChI=1S/C20H18N2O4S/c1-21-20-22(2)18(23)17(27-20)11-15-5-3-4-6-16(15)26-12-13-7-9-14(10-8-13)19(24)25/h3-11H,12H2,1-2H3,(H,24,25). The number of aliphatic imine (C=N–C) groups is 1. The fourth-order valence-electron chi connectivity index (χ4n) is 2.53. The molecule has 138 valence electrons. The number of rotatable bonds is 5. The van der Waals surface area contributed by atoms with Gasteiger partial charge in [0.05, 0.1) is 10.5 Å². The molecule has 1 N–H and O–H groups in total. The van der Waals surface area contributed by atoms with Gasteiger partial charge in [0.2, 0.25) is 0 Å².